The Balaban J connectivity index is 2.03. The molecule has 0 atom stereocenters. The number of hydrogen-bond acceptors (Lipinski definition) is 4. The van der Waals surface area contributed by atoms with Crippen molar-refractivity contribution >= 4 is 17.5 Å². The molecule has 2 aromatic rings. The first kappa shape index (κ1) is 22.2. The number of rotatable bonds is 10. The molecule has 0 aliphatic rings. The van der Waals surface area contributed by atoms with E-state index in [-0.39, 0.29) is 12.5 Å². The lowest BCUT2D eigenvalue weighted by molar-refractivity contribution is -0.116. The predicted molar refractivity (Wildman–Crippen MR) is 110 cm³/mol. The second-order valence-electron chi connectivity index (χ2n) is 6.52. The fourth-order valence-electron chi connectivity index (χ4n) is 2.63. The topological polar surface area (TPSA) is 67.9 Å². The van der Waals surface area contributed by atoms with Crippen LogP contribution in [-0.2, 0) is 4.79 Å². The van der Waals surface area contributed by atoms with E-state index in [1.165, 1.54) is 30.1 Å². The van der Waals surface area contributed by atoms with Gasteiger partial charge in [-0.3, -0.25) is 9.59 Å². The SMILES string of the molecule is CCCCOc1ccc(C(=O)N(C)CC(=O)Nc2cccc(F)c2)cc1OCC. The van der Waals surface area contributed by atoms with Crippen LogP contribution < -0.4 is 14.8 Å². The minimum absolute atomic E-state index is 0.173. The van der Waals surface area contributed by atoms with Crippen molar-refractivity contribution in [1.82, 2.24) is 4.90 Å². The molecule has 2 rings (SSSR count). The number of unbranched alkanes of at least 4 members (excludes halogenated alkanes) is 1. The maximum Gasteiger partial charge on any atom is 0.254 e. The van der Waals surface area contributed by atoms with Crippen molar-refractivity contribution in [2.24, 2.45) is 0 Å². The summed E-state index contributed by atoms with van der Waals surface area (Å²) in [5.41, 5.74) is 0.723. The van der Waals surface area contributed by atoms with E-state index < -0.39 is 11.7 Å². The summed E-state index contributed by atoms with van der Waals surface area (Å²) in [4.78, 5) is 26.2. The molecule has 0 aromatic heterocycles. The van der Waals surface area contributed by atoms with Crippen molar-refractivity contribution in [2.45, 2.75) is 26.7 Å². The first-order valence-electron chi connectivity index (χ1n) is 9.65. The highest BCUT2D eigenvalue weighted by atomic mass is 19.1. The third-order valence-electron chi connectivity index (χ3n) is 4.08. The first-order chi connectivity index (χ1) is 13.9. The average molecular weight is 402 g/mol. The van der Waals surface area contributed by atoms with Gasteiger partial charge in [-0.1, -0.05) is 19.4 Å². The van der Waals surface area contributed by atoms with E-state index in [4.69, 9.17) is 9.47 Å². The van der Waals surface area contributed by atoms with Crippen LogP contribution in [-0.4, -0.2) is 43.5 Å². The Kier molecular flexibility index (Phi) is 8.45. The molecule has 0 unspecified atom stereocenters. The third-order valence-corrected chi connectivity index (χ3v) is 4.08. The summed E-state index contributed by atoms with van der Waals surface area (Å²) in [6.07, 6.45) is 1.94. The molecule has 7 heteroatoms. The largest absolute Gasteiger partial charge is 0.490 e. The number of halogens is 1. The molecule has 6 nitrogen and oxygen atoms in total. The third kappa shape index (κ3) is 6.78. The number of carbonyl (C=O) groups is 2. The Labute approximate surface area is 170 Å². The molecule has 0 fully saturated rings. The van der Waals surface area contributed by atoms with E-state index in [1.807, 2.05) is 6.92 Å². The fourth-order valence-corrected chi connectivity index (χ4v) is 2.63. The highest BCUT2D eigenvalue weighted by Crippen LogP contribution is 2.29. The average Bonchev–Trinajstić information content (AvgIpc) is 2.68. The van der Waals surface area contributed by atoms with Crippen LogP contribution in [0, 0.1) is 5.82 Å². The number of nitrogens with zero attached hydrogens (tertiary/aromatic N) is 1. The Morgan fingerprint density at radius 3 is 2.55 bits per heavy atom. The van der Waals surface area contributed by atoms with E-state index in [1.54, 1.807) is 24.3 Å². The number of likely N-dealkylation sites (N-methyl/N-ethyl adjacent to an activating group) is 1. The second kappa shape index (κ2) is 11.0. The Morgan fingerprint density at radius 2 is 1.86 bits per heavy atom. The Morgan fingerprint density at radius 1 is 1.07 bits per heavy atom. The molecule has 0 spiro atoms. The van der Waals surface area contributed by atoms with Gasteiger partial charge in [-0.15, -0.1) is 0 Å². The molecule has 29 heavy (non-hydrogen) atoms. The summed E-state index contributed by atoms with van der Waals surface area (Å²) in [6.45, 7) is 4.77. The maximum absolute atomic E-state index is 13.2. The number of amides is 2. The molecule has 156 valence electrons. The summed E-state index contributed by atoms with van der Waals surface area (Å²) in [7, 11) is 1.53. The van der Waals surface area contributed by atoms with Crippen LogP contribution in [0.5, 0.6) is 11.5 Å². The summed E-state index contributed by atoms with van der Waals surface area (Å²) < 4.78 is 24.5. The molecular weight excluding hydrogens is 375 g/mol. The van der Waals surface area contributed by atoms with Crippen LogP contribution in [0.25, 0.3) is 0 Å². The quantitative estimate of drug-likeness (QED) is 0.607. The molecule has 0 saturated carbocycles. The van der Waals surface area contributed by atoms with Gasteiger partial charge in [-0.05, 0) is 49.7 Å². The highest BCUT2D eigenvalue weighted by Gasteiger charge is 2.18. The van der Waals surface area contributed by atoms with Gasteiger partial charge in [0.15, 0.2) is 11.5 Å². The number of nitrogens with one attached hydrogen (secondary N) is 1. The van der Waals surface area contributed by atoms with Crippen LogP contribution in [0.2, 0.25) is 0 Å². The van der Waals surface area contributed by atoms with E-state index in [0.717, 1.165) is 12.8 Å². The molecular formula is C22H27FN2O4. The van der Waals surface area contributed by atoms with Gasteiger partial charge < -0.3 is 19.7 Å². The summed E-state index contributed by atoms with van der Waals surface area (Å²) in [5, 5.41) is 2.57. The zero-order valence-corrected chi connectivity index (χ0v) is 17.0. The maximum atomic E-state index is 13.2. The summed E-state index contributed by atoms with van der Waals surface area (Å²) >= 11 is 0. The van der Waals surface area contributed by atoms with Crippen molar-refractivity contribution < 1.29 is 23.5 Å². The molecule has 0 saturated heterocycles. The lowest BCUT2D eigenvalue weighted by atomic mass is 10.1. The number of hydrogen-bond donors (Lipinski definition) is 1. The fraction of sp³-hybridized carbons (Fsp3) is 0.364. The van der Waals surface area contributed by atoms with Crippen molar-refractivity contribution in [3.05, 3.63) is 53.8 Å². The lowest BCUT2D eigenvalue weighted by Gasteiger charge is -2.18. The standard InChI is InChI=1S/C22H27FN2O4/c1-4-6-12-29-19-11-10-16(13-20(19)28-5-2)22(27)25(3)15-21(26)24-18-9-7-8-17(23)14-18/h7-11,13-14H,4-6,12,15H2,1-3H3,(H,24,26). The molecule has 0 bridgehead atoms. The van der Waals surface area contributed by atoms with E-state index in [9.17, 15) is 14.0 Å². The van der Waals surface area contributed by atoms with Crippen LogP contribution in [0.15, 0.2) is 42.5 Å². The normalized spacial score (nSPS) is 10.3. The molecule has 1 N–H and O–H groups in total. The van der Waals surface area contributed by atoms with Gasteiger partial charge in [0.05, 0.1) is 19.8 Å². The van der Waals surface area contributed by atoms with Crippen molar-refractivity contribution in [2.75, 3.05) is 32.1 Å². The second-order valence-corrected chi connectivity index (χ2v) is 6.52. The van der Waals surface area contributed by atoms with Gasteiger partial charge in [0.1, 0.15) is 5.82 Å². The van der Waals surface area contributed by atoms with Gasteiger partial charge in [0.2, 0.25) is 5.91 Å². The molecule has 2 aromatic carbocycles. The molecule has 2 amide bonds. The molecule has 0 heterocycles. The molecule has 0 aliphatic heterocycles. The smallest absolute Gasteiger partial charge is 0.254 e. The van der Waals surface area contributed by atoms with Gasteiger partial charge in [0.25, 0.3) is 5.91 Å². The Bertz CT molecular complexity index is 841. The van der Waals surface area contributed by atoms with Gasteiger partial charge in [0, 0.05) is 18.3 Å². The van der Waals surface area contributed by atoms with Gasteiger partial charge >= 0.3 is 0 Å². The zero-order valence-electron chi connectivity index (χ0n) is 17.0. The van der Waals surface area contributed by atoms with E-state index >= 15 is 0 Å². The zero-order chi connectivity index (χ0) is 21.2. The molecule has 0 aliphatic carbocycles. The van der Waals surface area contributed by atoms with Gasteiger partial charge in [-0.25, -0.2) is 4.39 Å². The van der Waals surface area contributed by atoms with Crippen LogP contribution in [0.3, 0.4) is 0 Å². The highest BCUT2D eigenvalue weighted by molar-refractivity contribution is 5.99. The molecule has 0 radical (unpaired) electrons. The monoisotopic (exact) mass is 402 g/mol. The van der Waals surface area contributed by atoms with E-state index in [2.05, 4.69) is 12.2 Å². The first-order valence-corrected chi connectivity index (χ1v) is 9.65. The van der Waals surface area contributed by atoms with Crippen LogP contribution in [0.4, 0.5) is 10.1 Å². The van der Waals surface area contributed by atoms with Crippen molar-refractivity contribution in [1.29, 1.82) is 0 Å². The number of anilines is 1. The minimum atomic E-state index is -0.447. The summed E-state index contributed by atoms with van der Waals surface area (Å²) in [5.74, 6) is -0.121. The van der Waals surface area contributed by atoms with E-state index in [0.29, 0.717) is 36.0 Å². The minimum Gasteiger partial charge on any atom is -0.490 e. The predicted octanol–water partition coefficient (Wildman–Crippen LogP) is 4.11. The Hall–Kier alpha value is -3.09. The number of benzene rings is 2. The van der Waals surface area contributed by atoms with Crippen molar-refractivity contribution in [3.63, 3.8) is 0 Å². The lowest BCUT2D eigenvalue weighted by Crippen LogP contribution is -2.35. The van der Waals surface area contributed by atoms with Gasteiger partial charge in [-0.2, -0.15) is 0 Å². The van der Waals surface area contributed by atoms with Crippen molar-refractivity contribution in [3.8, 4) is 11.5 Å². The van der Waals surface area contributed by atoms with Crippen LogP contribution >= 0.6 is 0 Å². The summed E-state index contributed by atoms with van der Waals surface area (Å²) in [6, 6.07) is 10.5. The number of carbonyl (C=O) groups excluding carboxylic acids is 2. The van der Waals surface area contributed by atoms with Crippen LogP contribution in [0.1, 0.15) is 37.0 Å². The number of ether oxygens (including phenoxy) is 2.